The van der Waals surface area contributed by atoms with Gasteiger partial charge >= 0.3 is 0 Å². The summed E-state index contributed by atoms with van der Waals surface area (Å²) in [4.78, 5) is 29.3. The zero-order valence-corrected chi connectivity index (χ0v) is 20.8. The number of benzene rings is 1. The van der Waals surface area contributed by atoms with E-state index in [0.717, 1.165) is 36.6 Å². The molecule has 0 spiro atoms. The van der Waals surface area contributed by atoms with Crippen molar-refractivity contribution < 1.29 is 23.8 Å². The largest absolute Gasteiger partial charge is 0.496 e. The van der Waals surface area contributed by atoms with Gasteiger partial charge in [0.15, 0.2) is 0 Å². The first-order valence-corrected chi connectivity index (χ1v) is 12.3. The Morgan fingerprint density at radius 1 is 1.06 bits per heavy atom. The lowest BCUT2D eigenvalue weighted by Crippen LogP contribution is -2.65. The van der Waals surface area contributed by atoms with Crippen molar-refractivity contribution in [2.45, 2.75) is 70.0 Å². The highest BCUT2D eigenvalue weighted by Gasteiger charge is 2.48. The summed E-state index contributed by atoms with van der Waals surface area (Å²) in [5.74, 6) is 0.994. The standard InChI is InChI=1S/C26H37N3O5/c1-26(25(31)27-18-10-8-6-5-7-9-11-18)17-28-20(24(30)29(26)14-15-32-2)16-19-21(33-3)12-13-22(34-4)23(19)28/h12-13,16,18H,5-11,14-15,17H2,1-4H3,(H,27,31)/t26-/m0/s1. The summed E-state index contributed by atoms with van der Waals surface area (Å²) in [5.41, 5.74) is 0.220. The molecule has 1 aromatic heterocycles. The van der Waals surface area contributed by atoms with Crippen LogP contribution in [0.4, 0.5) is 0 Å². The minimum atomic E-state index is -1.06. The molecular formula is C26H37N3O5. The molecule has 1 fully saturated rings. The van der Waals surface area contributed by atoms with E-state index in [2.05, 4.69) is 5.32 Å². The van der Waals surface area contributed by atoms with Gasteiger partial charge in [-0.05, 0) is 38.0 Å². The molecular weight excluding hydrogens is 434 g/mol. The van der Waals surface area contributed by atoms with E-state index in [1.54, 1.807) is 26.2 Å². The summed E-state index contributed by atoms with van der Waals surface area (Å²) in [6.45, 7) is 2.87. The molecule has 0 radical (unpaired) electrons. The molecule has 0 bridgehead atoms. The topological polar surface area (TPSA) is 82.0 Å². The van der Waals surface area contributed by atoms with Crippen LogP contribution in [0.15, 0.2) is 18.2 Å². The third-order valence-corrected chi connectivity index (χ3v) is 7.40. The highest BCUT2D eigenvalue weighted by Crippen LogP contribution is 2.40. The number of carbonyl (C=O) groups excluding carboxylic acids is 2. The Bertz CT molecular complexity index is 1040. The summed E-state index contributed by atoms with van der Waals surface area (Å²) in [7, 11) is 4.82. The van der Waals surface area contributed by atoms with Crippen molar-refractivity contribution in [2.24, 2.45) is 0 Å². The molecule has 1 aliphatic carbocycles. The van der Waals surface area contributed by atoms with Gasteiger partial charge in [-0.25, -0.2) is 0 Å². The van der Waals surface area contributed by atoms with Crippen LogP contribution in [0.2, 0.25) is 0 Å². The molecule has 4 rings (SSSR count). The number of ether oxygens (including phenoxy) is 3. The Labute approximate surface area is 201 Å². The molecule has 0 unspecified atom stereocenters. The lowest BCUT2D eigenvalue weighted by molar-refractivity contribution is -0.134. The first kappa shape index (κ1) is 24.4. The van der Waals surface area contributed by atoms with Crippen LogP contribution in [0.5, 0.6) is 11.5 Å². The van der Waals surface area contributed by atoms with Crippen LogP contribution in [-0.2, 0) is 16.1 Å². The minimum absolute atomic E-state index is 0.114. The maximum atomic E-state index is 13.8. The van der Waals surface area contributed by atoms with Gasteiger partial charge in [0.25, 0.3) is 5.91 Å². The summed E-state index contributed by atoms with van der Waals surface area (Å²) in [5, 5.41) is 4.10. The maximum Gasteiger partial charge on any atom is 0.271 e. The van der Waals surface area contributed by atoms with Crippen LogP contribution in [0.3, 0.4) is 0 Å². The van der Waals surface area contributed by atoms with Gasteiger partial charge in [0.05, 0.1) is 32.9 Å². The van der Waals surface area contributed by atoms with Crippen molar-refractivity contribution >= 4 is 22.7 Å². The van der Waals surface area contributed by atoms with Crippen LogP contribution < -0.4 is 14.8 Å². The second kappa shape index (κ2) is 10.3. The molecule has 1 aromatic carbocycles. The summed E-state index contributed by atoms with van der Waals surface area (Å²) >= 11 is 0. The molecule has 186 valence electrons. The number of carbonyl (C=O) groups is 2. The van der Waals surface area contributed by atoms with Gasteiger partial charge in [-0.3, -0.25) is 9.59 Å². The summed E-state index contributed by atoms with van der Waals surface area (Å²) in [6.07, 6.45) is 7.90. The van der Waals surface area contributed by atoms with Gasteiger partial charge in [0.2, 0.25) is 5.91 Å². The number of amides is 2. The fourth-order valence-corrected chi connectivity index (χ4v) is 5.43. The van der Waals surface area contributed by atoms with E-state index < -0.39 is 5.54 Å². The number of hydrogen-bond acceptors (Lipinski definition) is 5. The monoisotopic (exact) mass is 471 g/mol. The van der Waals surface area contributed by atoms with Gasteiger partial charge in [0, 0.05) is 25.1 Å². The number of nitrogens with one attached hydrogen (secondary N) is 1. The highest BCUT2D eigenvalue weighted by molar-refractivity contribution is 6.05. The highest BCUT2D eigenvalue weighted by atomic mass is 16.5. The van der Waals surface area contributed by atoms with E-state index in [4.69, 9.17) is 14.2 Å². The Morgan fingerprint density at radius 3 is 2.35 bits per heavy atom. The van der Waals surface area contributed by atoms with Crippen molar-refractivity contribution in [2.75, 3.05) is 34.5 Å². The first-order chi connectivity index (χ1) is 16.4. The van der Waals surface area contributed by atoms with Crippen molar-refractivity contribution in [3.63, 3.8) is 0 Å². The molecule has 2 aromatic rings. The van der Waals surface area contributed by atoms with Crippen LogP contribution in [-0.4, -0.2) is 67.3 Å². The van der Waals surface area contributed by atoms with Gasteiger partial charge in [-0.1, -0.05) is 32.1 Å². The Morgan fingerprint density at radius 2 is 1.71 bits per heavy atom. The number of rotatable bonds is 7. The molecule has 8 heteroatoms. The maximum absolute atomic E-state index is 13.8. The predicted molar refractivity (Wildman–Crippen MR) is 131 cm³/mol. The van der Waals surface area contributed by atoms with Gasteiger partial charge in [-0.15, -0.1) is 0 Å². The van der Waals surface area contributed by atoms with E-state index >= 15 is 0 Å². The third-order valence-electron chi connectivity index (χ3n) is 7.40. The summed E-state index contributed by atoms with van der Waals surface area (Å²) in [6, 6.07) is 5.65. The van der Waals surface area contributed by atoms with Crippen molar-refractivity contribution in [3.8, 4) is 11.5 Å². The van der Waals surface area contributed by atoms with E-state index in [1.807, 2.05) is 29.7 Å². The zero-order chi connectivity index (χ0) is 24.3. The molecule has 1 N–H and O–H groups in total. The number of nitrogens with zero attached hydrogens (tertiary/aromatic N) is 2. The van der Waals surface area contributed by atoms with E-state index in [0.29, 0.717) is 36.9 Å². The average Bonchev–Trinajstić information content (AvgIpc) is 3.19. The van der Waals surface area contributed by atoms with Gasteiger partial charge < -0.3 is 29.0 Å². The lowest BCUT2D eigenvalue weighted by atomic mass is 9.92. The SMILES string of the molecule is COCCN1C(=O)c2cc3c(OC)ccc(OC)c3n2C[C@@]1(C)C(=O)NC1CCCCCCC1. The summed E-state index contributed by atoms with van der Waals surface area (Å²) < 4.78 is 18.4. The van der Waals surface area contributed by atoms with Crippen molar-refractivity contribution in [3.05, 3.63) is 23.9 Å². The molecule has 1 aliphatic heterocycles. The second-order valence-corrected chi connectivity index (χ2v) is 9.59. The Kier molecular flexibility index (Phi) is 7.36. The molecule has 1 saturated carbocycles. The lowest BCUT2D eigenvalue weighted by Gasteiger charge is -2.44. The average molecular weight is 472 g/mol. The van der Waals surface area contributed by atoms with Crippen LogP contribution in [0.1, 0.15) is 62.4 Å². The molecule has 8 nitrogen and oxygen atoms in total. The Balaban J connectivity index is 1.75. The van der Waals surface area contributed by atoms with E-state index in [-0.39, 0.29) is 17.9 Å². The molecule has 2 amide bonds. The van der Waals surface area contributed by atoms with Crippen molar-refractivity contribution in [1.82, 2.24) is 14.8 Å². The van der Waals surface area contributed by atoms with E-state index in [1.165, 1.54) is 19.3 Å². The first-order valence-electron chi connectivity index (χ1n) is 12.3. The zero-order valence-electron chi connectivity index (χ0n) is 20.8. The predicted octanol–water partition coefficient (Wildman–Crippen LogP) is 3.75. The normalized spacial score (nSPS) is 21.6. The van der Waals surface area contributed by atoms with Crippen LogP contribution >= 0.6 is 0 Å². The van der Waals surface area contributed by atoms with Gasteiger partial charge in [-0.2, -0.15) is 0 Å². The molecule has 1 atom stereocenters. The molecule has 34 heavy (non-hydrogen) atoms. The number of aromatic nitrogens is 1. The molecule has 2 heterocycles. The quantitative estimate of drug-likeness (QED) is 0.665. The van der Waals surface area contributed by atoms with E-state index in [9.17, 15) is 9.59 Å². The number of methoxy groups -OCH3 is 3. The van der Waals surface area contributed by atoms with Crippen LogP contribution in [0.25, 0.3) is 10.9 Å². The van der Waals surface area contributed by atoms with Crippen LogP contribution in [0, 0.1) is 0 Å². The number of hydrogen-bond donors (Lipinski definition) is 1. The fraction of sp³-hybridized carbons (Fsp3) is 0.615. The number of fused-ring (bicyclic) bond motifs is 3. The minimum Gasteiger partial charge on any atom is -0.496 e. The molecule has 0 saturated heterocycles. The van der Waals surface area contributed by atoms with Crippen molar-refractivity contribution in [1.29, 1.82) is 0 Å². The second-order valence-electron chi connectivity index (χ2n) is 9.59. The Hall–Kier alpha value is -2.74. The smallest absolute Gasteiger partial charge is 0.271 e. The molecule has 2 aliphatic rings. The fourth-order valence-electron chi connectivity index (χ4n) is 5.43. The van der Waals surface area contributed by atoms with Gasteiger partial charge in [0.1, 0.15) is 22.7 Å². The third kappa shape index (κ3) is 4.35.